The van der Waals surface area contributed by atoms with Gasteiger partial charge in [-0.1, -0.05) is 188 Å². The highest BCUT2D eigenvalue weighted by Crippen LogP contribution is 2.47. The summed E-state index contributed by atoms with van der Waals surface area (Å²) in [5, 5.41) is 14.5. The van der Waals surface area contributed by atoms with E-state index in [2.05, 4.69) is 337 Å². The maximum Gasteiger partial charge on any atom is 0.138 e. The molecule has 90 heavy (non-hydrogen) atoms. The Morgan fingerprint density at radius 1 is 0.189 bits per heavy atom. The van der Waals surface area contributed by atoms with E-state index in [1.807, 2.05) is 0 Å². The second-order valence-electron chi connectivity index (χ2n) is 23.8. The first-order valence-electron chi connectivity index (χ1n) is 30.9. The number of hydrogen-bond acceptors (Lipinski definition) is 1. The van der Waals surface area contributed by atoms with Gasteiger partial charge in [-0.2, -0.15) is 0 Å². The summed E-state index contributed by atoms with van der Waals surface area (Å²) < 4.78 is 14.8. The predicted molar refractivity (Wildman–Crippen MR) is 376 cm³/mol. The first kappa shape index (κ1) is 49.0. The topological polar surface area (TPSA) is 42.5 Å². The highest BCUT2D eigenvalue weighted by Gasteiger charge is 2.26. The molecule has 7 aromatic heterocycles. The van der Waals surface area contributed by atoms with Gasteiger partial charge >= 0.3 is 0 Å². The Labute approximate surface area is 515 Å². The molecule has 0 aliphatic heterocycles. The van der Waals surface area contributed by atoms with E-state index in [0.717, 1.165) is 78.6 Å². The fraction of sp³-hybridized carbons (Fsp3) is 0. The van der Waals surface area contributed by atoms with Gasteiger partial charge in [0.15, 0.2) is 0 Å². The maximum atomic E-state index is 5.84. The summed E-state index contributed by atoms with van der Waals surface area (Å²) in [7, 11) is 0. The normalized spacial score (nSPS) is 12.2. The van der Waals surface area contributed by atoms with Crippen molar-refractivity contribution >= 4 is 131 Å². The number of hydrogen-bond donors (Lipinski definition) is 0. The van der Waals surface area contributed by atoms with E-state index in [0.29, 0.717) is 0 Å². The van der Waals surface area contributed by atoms with E-state index in [4.69, 9.17) is 4.98 Å². The second kappa shape index (κ2) is 18.7. The third-order valence-electron chi connectivity index (χ3n) is 19.1. The van der Waals surface area contributed by atoms with Crippen LogP contribution in [0.2, 0.25) is 0 Å². The molecule has 7 nitrogen and oxygen atoms in total. The molecule has 0 aliphatic rings. The van der Waals surface area contributed by atoms with Crippen molar-refractivity contribution in [3.8, 4) is 45.5 Å². The smallest absolute Gasteiger partial charge is 0.138 e. The van der Waals surface area contributed by atoms with Gasteiger partial charge in [-0.3, -0.25) is 4.57 Å². The Morgan fingerprint density at radius 2 is 0.500 bits per heavy atom. The van der Waals surface area contributed by atoms with Crippen LogP contribution in [0.25, 0.3) is 176 Å². The molecule has 418 valence electrons. The lowest BCUT2D eigenvalue weighted by Crippen LogP contribution is -2.02. The average molecular weight is 1150 g/mol. The van der Waals surface area contributed by atoms with Crippen LogP contribution in [0.4, 0.5) is 0 Å². The minimum atomic E-state index is 0.841. The summed E-state index contributed by atoms with van der Waals surface area (Å²) in [5.41, 5.74) is 21.1. The Hall–Kier alpha value is -12.2. The lowest BCUT2D eigenvalue weighted by molar-refractivity contribution is 1.08. The van der Waals surface area contributed by atoms with Crippen molar-refractivity contribution in [3.63, 3.8) is 0 Å². The molecule has 0 saturated carbocycles. The maximum absolute atomic E-state index is 5.84. The Bertz CT molecular complexity index is 6140. The van der Waals surface area contributed by atoms with Crippen LogP contribution < -0.4 is 0 Å². The van der Waals surface area contributed by atoms with E-state index in [1.54, 1.807) is 0 Å². The van der Waals surface area contributed by atoms with Gasteiger partial charge in [-0.05, 0) is 121 Å². The summed E-state index contributed by atoms with van der Waals surface area (Å²) in [4.78, 5) is 5.84. The second-order valence-corrected chi connectivity index (χ2v) is 23.8. The highest BCUT2D eigenvalue weighted by atomic mass is 15.1. The summed E-state index contributed by atoms with van der Waals surface area (Å²) in [6.45, 7) is 0. The van der Waals surface area contributed by atoms with Crippen molar-refractivity contribution in [3.05, 3.63) is 309 Å². The van der Waals surface area contributed by atoms with Crippen LogP contribution in [0.5, 0.6) is 0 Å². The lowest BCUT2D eigenvalue weighted by atomic mass is 10.1. The summed E-state index contributed by atoms with van der Waals surface area (Å²) >= 11 is 0. The van der Waals surface area contributed by atoms with E-state index in [9.17, 15) is 0 Å². The molecule has 20 aromatic rings. The number of para-hydroxylation sites is 9. The fourth-order valence-electron chi connectivity index (χ4n) is 15.6. The van der Waals surface area contributed by atoms with Crippen molar-refractivity contribution in [2.75, 3.05) is 0 Å². The molecule has 0 aliphatic carbocycles. The minimum absolute atomic E-state index is 0.841. The van der Waals surface area contributed by atoms with Crippen molar-refractivity contribution in [1.29, 1.82) is 0 Å². The zero-order chi connectivity index (χ0) is 58.7. The van der Waals surface area contributed by atoms with Gasteiger partial charge in [-0.25, -0.2) is 4.98 Å². The standard InChI is InChI=1S/C83H51N7/c1-4-23-53(24-5-1)87-68-36-16-10-29-58(68)61-43-46-74-78(81(61)87)64-32-13-19-39-71(64)85(74)56-49-52(50-57(51-56)86-72-40-20-14-33-65(72)79-75(86)47-44-62-59-30-11-17-37-69(59)88(82(62)79)54-25-6-2-7-26-54)67-35-22-42-77(84-67)90-73-41-21-15-34-66(73)80-76(90)48-45-63-60-31-12-18-38-70(60)89(83(63)80)55-27-8-3-9-28-55/h1-51H. The zero-order valence-corrected chi connectivity index (χ0v) is 48.6. The molecule has 0 saturated heterocycles. The molecule has 20 rings (SSSR count). The van der Waals surface area contributed by atoms with Gasteiger partial charge in [0, 0.05) is 98.6 Å². The molecule has 0 unspecified atom stereocenters. The minimum Gasteiger partial charge on any atom is -0.309 e. The molecular formula is C83H51N7. The lowest BCUT2D eigenvalue weighted by Gasteiger charge is -2.16. The van der Waals surface area contributed by atoms with Crippen molar-refractivity contribution in [2.45, 2.75) is 0 Å². The van der Waals surface area contributed by atoms with Gasteiger partial charge in [0.1, 0.15) is 5.82 Å². The molecule has 7 heteroatoms. The SMILES string of the molecule is c1ccc(-n2c3ccccc3c3ccc4c(c5ccccc5n4-c4cc(-c5cccc(-n6c7ccccc7c7c6ccc6c8ccccc8n(-c8ccccc8)c67)n5)cc(-n5c6ccccc6c6c5ccc5c7ccccc7n(-c7ccccc7)c56)c4)c32)cc1. The van der Waals surface area contributed by atoms with Crippen LogP contribution in [-0.4, -0.2) is 32.4 Å². The highest BCUT2D eigenvalue weighted by molar-refractivity contribution is 6.29. The van der Waals surface area contributed by atoms with Gasteiger partial charge in [0.05, 0.1) is 71.9 Å². The third-order valence-corrected chi connectivity index (χ3v) is 19.1. The number of fused-ring (bicyclic) bond motifs is 21. The van der Waals surface area contributed by atoms with Gasteiger partial charge in [0.25, 0.3) is 0 Å². The predicted octanol–water partition coefficient (Wildman–Crippen LogP) is 21.3. The molecule has 7 heterocycles. The number of aromatic nitrogens is 7. The molecule has 0 N–H and O–H groups in total. The van der Waals surface area contributed by atoms with E-state index in [-0.39, 0.29) is 0 Å². The Morgan fingerprint density at radius 3 is 0.878 bits per heavy atom. The number of benzene rings is 13. The number of rotatable bonds is 7. The quantitative estimate of drug-likeness (QED) is 0.157. The van der Waals surface area contributed by atoms with Crippen LogP contribution in [-0.2, 0) is 0 Å². The van der Waals surface area contributed by atoms with E-state index in [1.165, 1.54) is 97.7 Å². The molecule has 0 fully saturated rings. The molecule has 13 aromatic carbocycles. The summed E-state index contributed by atoms with van der Waals surface area (Å²) in [6.07, 6.45) is 0. The Balaban J connectivity index is 0.884. The monoisotopic (exact) mass is 1150 g/mol. The van der Waals surface area contributed by atoms with Crippen LogP contribution in [0.1, 0.15) is 0 Å². The first-order chi connectivity index (χ1) is 44.7. The van der Waals surface area contributed by atoms with Crippen molar-refractivity contribution in [1.82, 2.24) is 32.4 Å². The molecule has 0 radical (unpaired) electrons. The molecular weight excluding hydrogens is 1090 g/mol. The van der Waals surface area contributed by atoms with Crippen LogP contribution in [0.15, 0.2) is 309 Å². The molecule has 0 spiro atoms. The van der Waals surface area contributed by atoms with Gasteiger partial charge in [-0.15, -0.1) is 0 Å². The largest absolute Gasteiger partial charge is 0.309 e. The van der Waals surface area contributed by atoms with Crippen molar-refractivity contribution < 1.29 is 0 Å². The van der Waals surface area contributed by atoms with Crippen LogP contribution >= 0.6 is 0 Å². The van der Waals surface area contributed by atoms with E-state index < -0.39 is 0 Å². The number of nitrogens with zero attached hydrogens (tertiary/aromatic N) is 7. The average Bonchev–Trinajstić information content (AvgIpc) is 1.59. The van der Waals surface area contributed by atoms with E-state index >= 15 is 0 Å². The molecule has 0 amide bonds. The first-order valence-corrected chi connectivity index (χ1v) is 30.9. The Kier molecular flexibility index (Phi) is 10.2. The van der Waals surface area contributed by atoms with Gasteiger partial charge in [0.2, 0.25) is 0 Å². The fourth-order valence-corrected chi connectivity index (χ4v) is 15.6. The van der Waals surface area contributed by atoms with Gasteiger partial charge < -0.3 is 22.8 Å². The van der Waals surface area contributed by atoms with Crippen molar-refractivity contribution in [2.24, 2.45) is 0 Å². The third kappa shape index (κ3) is 6.74. The van der Waals surface area contributed by atoms with Crippen LogP contribution in [0.3, 0.4) is 0 Å². The molecule has 0 bridgehead atoms. The zero-order valence-electron chi connectivity index (χ0n) is 48.6. The molecule has 0 atom stereocenters. The number of pyridine rings is 1. The summed E-state index contributed by atoms with van der Waals surface area (Å²) in [5.74, 6) is 0.841. The summed E-state index contributed by atoms with van der Waals surface area (Å²) in [6, 6.07) is 113. The van der Waals surface area contributed by atoms with Crippen LogP contribution in [0, 0.1) is 0 Å².